The van der Waals surface area contributed by atoms with E-state index in [-0.39, 0.29) is 41.2 Å². The highest BCUT2D eigenvalue weighted by Gasteiger charge is 2.57. The fourth-order valence-electron chi connectivity index (χ4n) is 6.58. The average molecular weight is 579 g/mol. The molecule has 41 heavy (non-hydrogen) atoms. The van der Waals surface area contributed by atoms with E-state index in [2.05, 4.69) is 13.8 Å². The number of halogens is 1. The zero-order valence-corrected chi connectivity index (χ0v) is 23.9. The maximum absolute atomic E-state index is 13.9. The fourth-order valence-corrected chi connectivity index (χ4v) is 6.81. The third kappa shape index (κ3) is 5.56. The van der Waals surface area contributed by atoms with Gasteiger partial charge in [-0.05, 0) is 79.7 Å². The number of rotatable bonds is 7. The molecule has 1 aliphatic carbocycles. The van der Waals surface area contributed by atoms with E-state index in [0.29, 0.717) is 24.3 Å². The maximum atomic E-state index is 13.9. The molecule has 3 aliphatic rings. The Labute approximate surface area is 243 Å². The summed E-state index contributed by atoms with van der Waals surface area (Å²) in [5.41, 5.74) is 3.86. The smallest absolute Gasteiger partial charge is 0.455 e. The third-order valence-corrected chi connectivity index (χ3v) is 8.75. The minimum atomic E-state index is -1.09. The monoisotopic (exact) mass is 578 g/mol. The van der Waals surface area contributed by atoms with Crippen molar-refractivity contribution < 1.29 is 29.3 Å². The Morgan fingerprint density at radius 3 is 2.66 bits per heavy atom. The van der Waals surface area contributed by atoms with Crippen molar-refractivity contribution in [1.29, 1.82) is 0 Å². The standard InChI is InChI=1S/C30H32BClN2O7/c1-16(2)22-14-23-28(30(37)33(29(23)36)19-5-4-6-20(12-19)34(39)40)24-15-31(38)41-26(27(22)24)10-7-17(3)11-18-8-9-21(35)13-25(18)32/h4-6,8-9,11-13,16,23-24,26,28,35,38H,7,10,14-15H2,1-3H3/b17-11+/t23-,24+,26-,28-/m1/s1. The molecule has 5 rings (SSSR count). The van der Waals surface area contributed by atoms with Crippen molar-refractivity contribution in [2.45, 2.75) is 52.5 Å². The first-order valence-electron chi connectivity index (χ1n) is 13.8. The Morgan fingerprint density at radius 1 is 1.22 bits per heavy atom. The number of aromatic hydroxyl groups is 1. The van der Waals surface area contributed by atoms with Crippen LogP contribution < -0.4 is 4.90 Å². The molecule has 11 heteroatoms. The van der Waals surface area contributed by atoms with Gasteiger partial charge in [0.1, 0.15) is 5.75 Å². The lowest BCUT2D eigenvalue weighted by molar-refractivity contribution is -0.384. The molecule has 0 bridgehead atoms. The second-order valence-electron chi connectivity index (χ2n) is 11.4. The van der Waals surface area contributed by atoms with Crippen LogP contribution in [0.15, 0.2) is 59.2 Å². The van der Waals surface area contributed by atoms with Crippen LogP contribution in [0, 0.1) is 33.8 Å². The number of hydrogen-bond donors (Lipinski definition) is 2. The number of phenolic OH excluding ortho intramolecular Hbond substituents is 1. The van der Waals surface area contributed by atoms with E-state index in [9.17, 15) is 29.8 Å². The first kappa shape index (κ1) is 29.0. The maximum Gasteiger partial charge on any atom is 0.455 e. The number of nitro groups is 1. The van der Waals surface area contributed by atoms with Gasteiger partial charge in [0, 0.05) is 12.1 Å². The normalized spacial score (nSPS) is 24.7. The van der Waals surface area contributed by atoms with Crippen molar-refractivity contribution in [3.8, 4) is 5.75 Å². The van der Waals surface area contributed by atoms with Crippen molar-refractivity contribution in [3.05, 3.63) is 79.9 Å². The van der Waals surface area contributed by atoms with E-state index in [0.717, 1.165) is 27.2 Å². The predicted molar refractivity (Wildman–Crippen MR) is 156 cm³/mol. The number of imide groups is 1. The number of allylic oxidation sites excluding steroid dienone is 2. The Hall–Kier alpha value is -3.47. The molecular formula is C30H32BClN2O7. The van der Waals surface area contributed by atoms with E-state index in [4.69, 9.17) is 16.3 Å². The molecule has 2 fully saturated rings. The number of carbonyl (C=O) groups is 2. The van der Waals surface area contributed by atoms with Gasteiger partial charge in [0.15, 0.2) is 0 Å². The summed E-state index contributed by atoms with van der Waals surface area (Å²) >= 11 is 6.28. The molecule has 2 heterocycles. The second-order valence-corrected chi connectivity index (χ2v) is 11.8. The van der Waals surface area contributed by atoms with Crippen LogP contribution in [-0.4, -0.2) is 40.1 Å². The van der Waals surface area contributed by atoms with Crippen molar-refractivity contribution in [2.24, 2.45) is 23.7 Å². The van der Waals surface area contributed by atoms with Gasteiger partial charge in [-0.25, -0.2) is 4.90 Å². The summed E-state index contributed by atoms with van der Waals surface area (Å²) in [6.45, 7) is 6.09. The van der Waals surface area contributed by atoms with Gasteiger partial charge in [-0.15, -0.1) is 0 Å². The zero-order chi connectivity index (χ0) is 29.6. The second kappa shape index (κ2) is 11.4. The molecule has 9 nitrogen and oxygen atoms in total. The molecule has 0 aromatic heterocycles. The van der Waals surface area contributed by atoms with Crippen LogP contribution in [0.4, 0.5) is 11.4 Å². The summed E-state index contributed by atoms with van der Waals surface area (Å²) in [5, 5.41) is 32.2. The number of hydrogen-bond acceptors (Lipinski definition) is 7. The highest BCUT2D eigenvalue weighted by Crippen LogP contribution is 2.52. The molecule has 2 aromatic rings. The van der Waals surface area contributed by atoms with Crippen molar-refractivity contribution in [1.82, 2.24) is 0 Å². The summed E-state index contributed by atoms with van der Waals surface area (Å²) in [5.74, 6) is -2.22. The SMILES string of the molecule is C/C(=C\c1ccc(O)cc1Cl)CC[C@H]1OB(O)C[C@H]2C1=C(C(C)C)C[C@H]1C(=O)N(c3cccc([N+](=O)[O-])c3)C(=O)[C@H]12. The van der Waals surface area contributed by atoms with Gasteiger partial charge in [-0.2, -0.15) is 0 Å². The molecule has 0 unspecified atom stereocenters. The number of non-ortho nitro benzene ring substituents is 1. The molecule has 2 aromatic carbocycles. The van der Waals surface area contributed by atoms with Gasteiger partial charge >= 0.3 is 7.12 Å². The highest BCUT2D eigenvalue weighted by molar-refractivity contribution is 6.43. The van der Waals surface area contributed by atoms with Gasteiger partial charge in [-0.3, -0.25) is 19.7 Å². The first-order chi connectivity index (χ1) is 19.5. The number of amides is 2. The van der Waals surface area contributed by atoms with Gasteiger partial charge in [-0.1, -0.05) is 48.7 Å². The van der Waals surface area contributed by atoms with Crippen LogP contribution >= 0.6 is 11.6 Å². The van der Waals surface area contributed by atoms with Gasteiger partial charge in [0.25, 0.3) is 5.69 Å². The lowest BCUT2D eigenvalue weighted by atomic mass is 9.57. The lowest BCUT2D eigenvalue weighted by Crippen LogP contribution is -2.46. The van der Waals surface area contributed by atoms with Gasteiger partial charge in [0.2, 0.25) is 11.8 Å². The number of anilines is 1. The van der Waals surface area contributed by atoms with Crippen LogP contribution in [0.1, 0.15) is 45.6 Å². The Morgan fingerprint density at radius 2 is 1.98 bits per heavy atom. The van der Waals surface area contributed by atoms with E-state index in [1.54, 1.807) is 12.1 Å². The fraction of sp³-hybridized carbons (Fsp3) is 0.400. The molecule has 2 N–H and O–H groups in total. The largest absolute Gasteiger partial charge is 0.508 e. The Kier molecular flexibility index (Phi) is 8.10. The molecule has 0 radical (unpaired) electrons. The van der Waals surface area contributed by atoms with Crippen molar-refractivity contribution in [3.63, 3.8) is 0 Å². The Bertz CT molecular complexity index is 1470. The number of carbonyl (C=O) groups excluding carboxylic acids is 2. The van der Waals surface area contributed by atoms with Crippen molar-refractivity contribution >= 4 is 48.0 Å². The van der Waals surface area contributed by atoms with Crippen LogP contribution in [0.5, 0.6) is 5.75 Å². The van der Waals surface area contributed by atoms with E-state index < -0.39 is 35.9 Å². The van der Waals surface area contributed by atoms with E-state index in [1.165, 1.54) is 30.3 Å². The minimum Gasteiger partial charge on any atom is -0.508 e. The summed E-state index contributed by atoms with van der Waals surface area (Å²) < 4.78 is 6.07. The van der Waals surface area contributed by atoms with Crippen molar-refractivity contribution in [2.75, 3.05) is 4.90 Å². The molecule has 2 aliphatic heterocycles. The van der Waals surface area contributed by atoms with E-state index in [1.807, 2.05) is 13.0 Å². The summed E-state index contributed by atoms with van der Waals surface area (Å²) in [4.78, 5) is 39.4. The molecule has 2 saturated heterocycles. The van der Waals surface area contributed by atoms with Crippen LogP contribution in [0.25, 0.3) is 6.08 Å². The average Bonchev–Trinajstić information content (AvgIpc) is 3.17. The van der Waals surface area contributed by atoms with Crippen LogP contribution in [0.2, 0.25) is 11.3 Å². The Balaban J connectivity index is 1.44. The summed E-state index contributed by atoms with van der Waals surface area (Å²) in [6, 6.07) is 10.4. The minimum absolute atomic E-state index is 0.0909. The quantitative estimate of drug-likeness (QED) is 0.140. The number of phenols is 1. The molecular weight excluding hydrogens is 547 g/mol. The number of nitrogens with zero attached hydrogens (tertiary/aromatic N) is 2. The summed E-state index contributed by atoms with van der Waals surface area (Å²) in [6.07, 6.45) is 3.31. The predicted octanol–water partition coefficient (Wildman–Crippen LogP) is 5.79. The zero-order valence-electron chi connectivity index (χ0n) is 23.1. The van der Waals surface area contributed by atoms with E-state index >= 15 is 0 Å². The molecule has 214 valence electrons. The first-order valence-corrected chi connectivity index (χ1v) is 14.2. The third-order valence-electron chi connectivity index (χ3n) is 8.43. The molecule has 0 spiro atoms. The number of benzene rings is 2. The molecule has 0 saturated carbocycles. The van der Waals surface area contributed by atoms with Crippen LogP contribution in [-0.2, 0) is 14.2 Å². The van der Waals surface area contributed by atoms with Crippen LogP contribution in [0.3, 0.4) is 0 Å². The summed E-state index contributed by atoms with van der Waals surface area (Å²) in [7, 11) is -1.09. The molecule has 4 atom stereocenters. The highest BCUT2D eigenvalue weighted by atomic mass is 35.5. The molecule has 2 amide bonds. The van der Waals surface area contributed by atoms with Gasteiger partial charge < -0.3 is 14.8 Å². The van der Waals surface area contributed by atoms with Gasteiger partial charge in [0.05, 0.1) is 33.6 Å². The number of fused-ring (bicyclic) bond motifs is 3. The lowest BCUT2D eigenvalue weighted by Gasteiger charge is -2.44. The number of nitro benzene ring substituents is 1. The topological polar surface area (TPSA) is 130 Å².